The molecule has 90 valence electrons. The second-order valence-corrected chi connectivity index (χ2v) is 4.16. The Hall–Kier alpha value is -1.54. The fourth-order valence-corrected chi connectivity index (χ4v) is 2.19. The van der Waals surface area contributed by atoms with Crippen LogP contribution < -0.4 is 4.90 Å². The normalized spacial score (nSPS) is 10.7. The highest BCUT2D eigenvalue weighted by atomic mass is 16.3. The predicted octanol–water partition coefficient (Wildman–Crippen LogP) is 3.05. The summed E-state index contributed by atoms with van der Waals surface area (Å²) in [6.07, 6.45) is 0.817. The van der Waals surface area contributed by atoms with Gasteiger partial charge in [-0.1, -0.05) is 36.4 Å². The third-order valence-electron chi connectivity index (χ3n) is 3.08. The van der Waals surface area contributed by atoms with Gasteiger partial charge in [0.05, 0.1) is 0 Å². The Labute approximate surface area is 102 Å². The Bertz CT molecular complexity index is 476. The predicted molar refractivity (Wildman–Crippen MR) is 73.5 cm³/mol. The zero-order chi connectivity index (χ0) is 12.1. The number of aliphatic hydroxyl groups excluding tert-OH is 1. The minimum atomic E-state index is 0.251. The molecule has 2 aromatic carbocycles. The number of fused-ring (bicyclic) bond motifs is 1. The van der Waals surface area contributed by atoms with Crippen LogP contribution in [0.15, 0.2) is 42.5 Å². The third-order valence-corrected chi connectivity index (χ3v) is 3.08. The Morgan fingerprint density at radius 1 is 1.06 bits per heavy atom. The van der Waals surface area contributed by atoms with E-state index in [-0.39, 0.29) is 6.61 Å². The molecule has 0 saturated heterocycles. The van der Waals surface area contributed by atoms with Crippen LogP contribution >= 0.6 is 0 Å². The Kier molecular flexibility index (Phi) is 3.99. The molecule has 0 fully saturated rings. The van der Waals surface area contributed by atoms with E-state index in [0.717, 1.165) is 19.5 Å². The number of hydrogen-bond acceptors (Lipinski definition) is 2. The first-order valence-corrected chi connectivity index (χ1v) is 6.20. The molecule has 0 unspecified atom stereocenters. The van der Waals surface area contributed by atoms with Crippen LogP contribution in [0, 0.1) is 0 Å². The third kappa shape index (κ3) is 2.59. The standard InChI is InChI=1S/C15H19NO/c1-2-16(11-6-12-17)15-10-5-8-13-7-3-4-9-14(13)15/h3-5,7-10,17H,2,6,11-12H2,1H3. The van der Waals surface area contributed by atoms with Gasteiger partial charge in [0.2, 0.25) is 0 Å². The lowest BCUT2D eigenvalue weighted by atomic mass is 10.1. The van der Waals surface area contributed by atoms with Crippen molar-refractivity contribution in [1.82, 2.24) is 0 Å². The van der Waals surface area contributed by atoms with Gasteiger partial charge in [-0.05, 0) is 24.8 Å². The van der Waals surface area contributed by atoms with Gasteiger partial charge in [-0.25, -0.2) is 0 Å². The summed E-state index contributed by atoms with van der Waals surface area (Å²) in [7, 11) is 0. The molecule has 0 atom stereocenters. The van der Waals surface area contributed by atoms with E-state index in [2.05, 4.69) is 54.3 Å². The quantitative estimate of drug-likeness (QED) is 0.851. The molecule has 1 N–H and O–H groups in total. The van der Waals surface area contributed by atoms with Gasteiger partial charge < -0.3 is 10.0 Å². The summed E-state index contributed by atoms with van der Waals surface area (Å²) in [4.78, 5) is 2.32. The lowest BCUT2D eigenvalue weighted by Gasteiger charge is -2.24. The second-order valence-electron chi connectivity index (χ2n) is 4.16. The van der Waals surface area contributed by atoms with Crippen LogP contribution in [-0.2, 0) is 0 Å². The first-order valence-electron chi connectivity index (χ1n) is 6.20. The van der Waals surface area contributed by atoms with Crippen molar-refractivity contribution >= 4 is 16.5 Å². The minimum Gasteiger partial charge on any atom is -0.396 e. The SMILES string of the molecule is CCN(CCCO)c1cccc2ccccc12. The summed E-state index contributed by atoms with van der Waals surface area (Å²) in [5.74, 6) is 0. The number of rotatable bonds is 5. The van der Waals surface area contributed by atoms with E-state index in [0.29, 0.717) is 0 Å². The van der Waals surface area contributed by atoms with E-state index < -0.39 is 0 Å². The van der Waals surface area contributed by atoms with Crippen LogP contribution in [0.3, 0.4) is 0 Å². The topological polar surface area (TPSA) is 23.5 Å². The Morgan fingerprint density at radius 3 is 2.59 bits per heavy atom. The highest BCUT2D eigenvalue weighted by Crippen LogP contribution is 2.26. The minimum absolute atomic E-state index is 0.251. The molecule has 0 heterocycles. The van der Waals surface area contributed by atoms with E-state index >= 15 is 0 Å². The molecule has 17 heavy (non-hydrogen) atoms. The Morgan fingerprint density at radius 2 is 1.82 bits per heavy atom. The Balaban J connectivity index is 2.38. The molecule has 0 saturated carbocycles. The van der Waals surface area contributed by atoms with Crippen molar-refractivity contribution in [3.8, 4) is 0 Å². The summed E-state index contributed by atoms with van der Waals surface area (Å²) in [5, 5.41) is 11.5. The monoisotopic (exact) mass is 229 g/mol. The van der Waals surface area contributed by atoms with E-state index in [1.165, 1.54) is 16.5 Å². The van der Waals surface area contributed by atoms with E-state index in [1.54, 1.807) is 0 Å². The number of nitrogens with zero attached hydrogens (tertiary/aromatic N) is 1. The van der Waals surface area contributed by atoms with Crippen molar-refractivity contribution in [1.29, 1.82) is 0 Å². The maximum Gasteiger partial charge on any atom is 0.0447 e. The van der Waals surface area contributed by atoms with Crippen molar-refractivity contribution in [3.63, 3.8) is 0 Å². The molecule has 0 bridgehead atoms. The van der Waals surface area contributed by atoms with Gasteiger partial charge in [0.25, 0.3) is 0 Å². The molecule has 0 radical (unpaired) electrons. The van der Waals surface area contributed by atoms with Gasteiger partial charge in [0.1, 0.15) is 0 Å². The molecule has 2 heteroatoms. The highest BCUT2D eigenvalue weighted by Gasteiger charge is 2.07. The van der Waals surface area contributed by atoms with E-state index in [9.17, 15) is 0 Å². The largest absolute Gasteiger partial charge is 0.396 e. The maximum atomic E-state index is 8.94. The lowest BCUT2D eigenvalue weighted by molar-refractivity contribution is 0.289. The molecular weight excluding hydrogens is 210 g/mol. The molecular formula is C15H19NO. The highest BCUT2D eigenvalue weighted by molar-refractivity contribution is 5.94. The zero-order valence-corrected chi connectivity index (χ0v) is 10.3. The molecule has 0 aromatic heterocycles. The fraction of sp³-hybridized carbons (Fsp3) is 0.333. The smallest absolute Gasteiger partial charge is 0.0447 e. The summed E-state index contributed by atoms with van der Waals surface area (Å²) in [5.41, 5.74) is 1.26. The summed E-state index contributed by atoms with van der Waals surface area (Å²) >= 11 is 0. The molecule has 2 nitrogen and oxygen atoms in total. The van der Waals surface area contributed by atoms with Gasteiger partial charge in [0.15, 0.2) is 0 Å². The van der Waals surface area contributed by atoms with Crippen molar-refractivity contribution in [2.24, 2.45) is 0 Å². The van der Waals surface area contributed by atoms with Crippen molar-refractivity contribution in [3.05, 3.63) is 42.5 Å². The van der Waals surface area contributed by atoms with E-state index in [4.69, 9.17) is 5.11 Å². The van der Waals surface area contributed by atoms with Crippen LogP contribution in [0.25, 0.3) is 10.8 Å². The molecule has 2 rings (SSSR count). The van der Waals surface area contributed by atoms with Gasteiger partial charge in [0, 0.05) is 30.8 Å². The summed E-state index contributed by atoms with van der Waals surface area (Å²) < 4.78 is 0. The van der Waals surface area contributed by atoms with Crippen molar-refractivity contribution in [2.75, 3.05) is 24.6 Å². The molecule has 0 spiro atoms. The van der Waals surface area contributed by atoms with Crippen LogP contribution in [0.1, 0.15) is 13.3 Å². The van der Waals surface area contributed by atoms with Crippen LogP contribution in [0.4, 0.5) is 5.69 Å². The second kappa shape index (κ2) is 5.69. The average Bonchev–Trinajstić information content (AvgIpc) is 2.40. The fourth-order valence-electron chi connectivity index (χ4n) is 2.19. The van der Waals surface area contributed by atoms with Gasteiger partial charge >= 0.3 is 0 Å². The molecule has 0 aliphatic carbocycles. The lowest BCUT2D eigenvalue weighted by Crippen LogP contribution is -2.24. The first kappa shape index (κ1) is 11.9. The van der Waals surface area contributed by atoms with Gasteiger partial charge in [-0.15, -0.1) is 0 Å². The summed E-state index contributed by atoms with van der Waals surface area (Å²) in [6.45, 7) is 4.27. The van der Waals surface area contributed by atoms with Crippen LogP contribution in [-0.4, -0.2) is 24.8 Å². The van der Waals surface area contributed by atoms with Crippen molar-refractivity contribution in [2.45, 2.75) is 13.3 Å². The maximum absolute atomic E-state index is 8.94. The first-order chi connectivity index (χ1) is 8.36. The van der Waals surface area contributed by atoms with Crippen LogP contribution in [0.2, 0.25) is 0 Å². The van der Waals surface area contributed by atoms with Gasteiger partial charge in [-0.3, -0.25) is 0 Å². The van der Waals surface area contributed by atoms with Crippen LogP contribution in [0.5, 0.6) is 0 Å². The number of aliphatic hydroxyl groups is 1. The number of hydrogen-bond donors (Lipinski definition) is 1. The molecule has 2 aromatic rings. The average molecular weight is 229 g/mol. The molecule has 0 amide bonds. The van der Waals surface area contributed by atoms with Gasteiger partial charge in [-0.2, -0.15) is 0 Å². The number of benzene rings is 2. The molecule has 0 aliphatic heterocycles. The zero-order valence-electron chi connectivity index (χ0n) is 10.3. The number of anilines is 1. The summed E-state index contributed by atoms with van der Waals surface area (Å²) in [6, 6.07) is 14.8. The van der Waals surface area contributed by atoms with E-state index in [1.807, 2.05) is 0 Å². The van der Waals surface area contributed by atoms with Crippen molar-refractivity contribution < 1.29 is 5.11 Å². The molecule has 0 aliphatic rings.